The maximum Gasteiger partial charge on any atom is 0.130 e. The molecule has 2 aromatic rings. The molecule has 1 aliphatic heterocycles. The third-order valence-corrected chi connectivity index (χ3v) is 5.28. The number of hydrogen-bond acceptors (Lipinski definition) is 4. The fourth-order valence-electron chi connectivity index (χ4n) is 3.89. The average molecular weight is 357 g/mol. The normalized spacial score (nSPS) is 18.8. The number of fused-ring (bicyclic) bond motifs is 1. The van der Waals surface area contributed by atoms with Gasteiger partial charge < -0.3 is 20.1 Å². The molecule has 1 aliphatic rings. The second-order valence-electron chi connectivity index (χ2n) is 7.27. The highest BCUT2D eigenvalue weighted by Crippen LogP contribution is 2.35. The van der Waals surface area contributed by atoms with Gasteiger partial charge in [0.15, 0.2) is 0 Å². The van der Waals surface area contributed by atoms with E-state index in [1.165, 1.54) is 34.7 Å². The summed E-state index contributed by atoms with van der Waals surface area (Å²) >= 11 is 0. The van der Waals surface area contributed by atoms with Crippen LogP contribution >= 0.6 is 0 Å². The Hall–Kier alpha value is -1.62. The average Bonchev–Trinajstić information content (AvgIpc) is 2.67. The summed E-state index contributed by atoms with van der Waals surface area (Å²) in [6.45, 7) is 8.04. The molecule has 0 aliphatic carbocycles. The zero-order valence-electron chi connectivity index (χ0n) is 16.3. The molecule has 2 aromatic carbocycles. The zero-order valence-corrected chi connectivity index (χ0v) is 16.3. The van der Waals surface area contributed by atoms with E-state index in [-0.39, 0.29) is 0 Å². The third kappa shape index (κ3) is 4.56. The van der Waals surface area contributed by atoms with Crippen LogP contribution in [0.3, 0.4) is 0 Å². The molecule has 4 nitrogen and oxygen atoms in total. The number of hydrogen-bond donors (Lipinski definition) is 2. The molecule has 1 saturated heterocycles. The van der Waals surface area contributed by atoms with E-state index in [1.807, 2.05) is 0 Å². The molecule has 1 fully saturated rings. The van der Waals surface area contributed by atoms with E-state index < -0.39 is 0 Å². The summed E-state index contributed by atoms with van der Waals surface area (Å²) in [6.07, 6.45) is 3.38. The first-order valence-corrected chi connectivity index (χ1v) is 9.81. The molecule has 0 aromatic heterocycles. The Labute approximate surface area is 157 Å². The number of benzene rings is 2. The lowest BCUT2D eigenvalue weighted by atomic mass is 9.95. The topological polar surface area (TPSA) is 42.5 Å². The monoisotopic (exact) mass is 356 g/mol. The molecule has 0 radical (unpaired) electrons. The predicted octanol–water partition coefficient (Wildman–Crippen LogP) is 3.97. The van der Waals surface area contributed by atoms with Crippen LogP contribution in [-0.2, 0) is 4.74 Å². The van der Waals surface area contributed by atoms with Crippen LogP contribution in [0.4, 0.5) is 0 Å². The first kappa shape index (κ1) is 19.2. The van der Waals surface area contributed by atoms with Gasteiger partial charge in [-0.05, 0) is 55.8 Å². The minimum absolute atomic E-state index is 0.297. The van der Waals surface area contributed by atoms with Crippen molar-refractivity contribution in [2.24, 2.45) is 0 Å². The lowest BCUT2D eigenvalue weighted by Crippen LogP contribution is -2.44. The Balaban J connectivity index is 1.85. The van der Waals surface area contributed by atoms with E-state index in [1.54, 1.807) is 7.11 Å². The Morgan fingerprint density at radius 3 is 2.88 bits per heavy atom. The first-order chi connectivity index (χ1) is 12.7. The molecule has 2 N–H and O–H groups in total. The Morgan fingerprint density at radius 2 is 2.12 bits per heavy atom. The lowest BCUT2D eigenvalue weighted by molar-refractivity contribution is 0.172. The molecule has 3 rings (SSSR count). The molecule has 0 saturated carbocycles. The Bertz CT molecular complexity index is 711. The maximum absolute atomic E-state index is 6.21. The van der Waals surface area contributed by atoms with Crippen molar-refractivity contribution in [1.29, 1.82) is 0 Å². The lowest BCUT2D eigenvalue weighted by Gasteiger charge is -2.29. The summed E-state index contributed by atoms with van der Waals surface area (Å²) in [5.74, 6) is 1.02. The van der Waals surface area contributed by atoms with Gasteiger partial charge in [-0.2, -0.15) is 0 Å². The molecule has 0 amide bonds. The summed E-state index contributed by atoms with van der Waals surface area (Å²) in [6, 6.07) is 11.7. The van der Waals surface area contributed by atoms with E-state index in [2.05, 4.69) is 54.8 Å². The van der Waals surface area contributed by atoms with E-state index in [0.29, 0.717) is 18.7 Å². The van der Waals surface area contributed by atoms with Crippen molar-refractivity contribution in [3.63, 3.8) is 0 Å². The van der Waals surface area contributed by atoms with Gasteiger partial charge in [0.2, 0.25) is 0 Å². The quantitative estimate of drug-likeness (QED) is 0.703. The van der Waals surface area contributed by atoms with Crippen LogP contribution in [0.1, 0.15) is 43.4 Å². The highest BCUT2D eigenvalue weighted by Gasteiger charge is 2.20. The molecule has 142 valence electrons. The fraction of sp³-hybridized carbons (Fsp3) is 0.545. The van der Waals surface area contributed by atoms with Crippen LogP contribution in [0.25, 0.3) is 10.8 Å². The standard InChI is InChI=1S/C22H32N2O2/c1-16-21(17(2)24-19-9-6-11-23-15-19)14-18-8-4-5-10-20(18)22(16)26-13-7-12-25-3/h4-5,8,10,14,17,19,23-24H,6-7,9,11-13,15H2,1-3H3/t17?,19-/m1/s1. The van der Waals surface area contributed by atoms with Crippen molar-refractivity contribution >= 4 is 10.8 Å². The minimum Gasteiger partial charge on any atom is -0.493 e. The molecular weight excluding hydrogens is 324 g/mol. The van der Waals surface area contributed by atoms with Gasteiger partial charge in [-0.25, -0.2) is 0 Å². The van der Waals surface area contributed by atoms with Gasteiger partial charge in [-0.1, -0.05) is 24.3 Å². The minimum atomic E-state index is 0.297. The number of methoxy groups -OCH3 is 1. The van der Waals surface area contributed by atoms with Crippen molar-refractivity contribution in [1.82, 2.24) is 10.6 Å². The van der Waals surface area contributed by atoms with Gasteiger partial charge in [0.05, 0.1) is 6.61 Å². The molecule has 0 spiro atoms. The Morgan fingerprint density at radius 1 is 1.27 bits per heavy atom. The zero-order chi connectivity index (χ0) is 18.4. The van der Waals surface area contributed by atoms with Crippen LogP contribution in [0, 0.1) is 6.92 Å². The number of rotatable bonds is 8. The van der Waals surface area contributed by atoms with E-state index in [0.717, 1.165) is 31.9 Å². The van der Waals surface area contributed by atoms with Gasteiger partial charge in [0.1, 0.15) is 5.75 Å². The van der Waals surface area contributed by atoms with Crippen molar-refractivity contribution in [3.8, 4) is 5.75 Å². The number of nitrogens with one attached hydrogen (secondary N) is 2. The van der Waals surface area contributed by atoms with Gasteiger partial charge in [0.25, 0.3) is 0 Å². The summed E-state index contributed by atoms with van der Waals surface area (Å²) < 4.78 is 11.4. The van der Waals surface area contributed by atoms with Crippen molar-refractivity contribution in [2.45, 2.75) is 45.2 Å². The smallest absolute Gasteiger partial charge is 0.130 e. The van der Waals surface area contributed by atoms with Gasteiger partial charge in [0, 0.05) is 44.2 Å². The summed E-state index contributed by atoms with van der Waals surface area (Å²) in [5.41, 5.74) is 2.57. The molecular formula is C22H32N2O2. The molecule has 2 atom stereocenters. The van der Waals surface area contributed by atoms with Gasteiger partial charge >= 0.3 is 0 Å². The van der Waals surface area contributed by atoms with Gasteiger partial charge in [-0.15, -0.1) is 0 Å². The molecule has 4 heteroatoms. The highest BCUT2D eigenvalue weighted by atomic mass is 16.5. The summed E-state index contributed by atoms with van der Waals surface area (Å²) in [4.78, 5) is 0. The van der Waals surface area contributed by atoms with Crippen LogP contribution in [0.2, 0.25) is 0 Å². The van der Waals surface area contributed by atoms with Gasteiger partial charge in [-0.3, -0.25) is 0 Å². The van der Waals surface area contributed by atoms with Crippen molar-refractivity contribution in [3.05, 3.63) is 41.5 Å². The van der Waals surface area contributed by atoms with E-state index in [9.17, 15) is 0 Å². The summed E-state index contributed by atoms with van der Waals surface area (Å²) in [5, 5.41) is 9.73. The van der Waals surface area contributed by atoms with Crippen molar-refractivity contribution < 1.29 is 9.47 Å². The SMILES string of the molecule is COCCCOc1c(C)c(C(C)N[C@@H]2CCCNC2)cc2ccccc12. The maximum atomic E-state index is 6.21. The van der Waals surface area contributed by atoms with Crippen LogP contribution < -0.4 is 15.4 Å². The number of piperidine rings is 1. The van der Waals surface area contributed by atoms with Crippen LogP contribution in [0.5, 0.6) is 5.75 Å². The predicted molar refractivity (Wildman–Crippen MR) is 108 cm³/mol. The number of ether oxygens (including phenoxy) is 2. The van der Waals surface area contributed by atoms with Crippen LogP contribution in [-0.4, -0.2) is 39.5 Å². The fourth-order valence-corrected chi connectivity index (χ4v) is 3.89. The second kappa shape index (κ2) is 9.36. The Kier molecular flexibility index (Phi) is 6.89. The molecule has 26 heavy (non-hydrogen) atoms. The molecule has 0 bridgehead atoms. The van der Waals surface area contributed by atoms with E-state index in [4.69, 9.17) is 9.47 Å². The molecule has 1 heterocycles. The van der Waals surface area contributed by atoms with Crippen molar-refractivity contribution in [2.75, 3.05) is 33.4 Å². The molecule has 1 unspecified atom stereocenters. The highest BCUT2D eigenvalue weighted by molar-refractivity contribution is 5.90. The third-order valence-electron chi connectivity index (χ3n) is 5.28. The van der Waals surface area contributed by atoms with Crippen LogP contribution in [0.15, 0.2) is 30.3 Å². The summed E-state index contributed by atoms with van der Waals surface area (Å²) in [7, 11) is 1.73. The van der Waals surface area contributed by atoms with E-state index >= 15 is 0 Å². The first-order valence-electron chi connectivity index (χ1n) is 9.81. The second-order valence-corrected chi connectivity index (χ2v) is 7.27. The largest absolute Gasteiger partial charge is 0.493 e.